The van der Waals surface area contributed by atoms with Crippen molar-refractivity contribution < 1.29 is 22.3 Å². The molecule has 0 bridgehead atoms. The van der Waals surface area contributed by atoms with E-state index in [0.29, 0.717) is 16.3 Å². The minimum Gasteiger partial charge on any atom is -0.487 e. The summed E-state index contributed by atoms with van der Waals surface area (Å²) in [4.78, 5) is 0.794. The van der Waals surface area contributed by atoms with Gasteiger partial charge in [-0.15, -0.1) is 11.3 Å². The normalized spacial score (nSPS) is 17.0. The summed E-state index contributed by atoms with van der Waals surface area (Å²) in [5.41, 5.74) is 0.643. The molecule has 0 spiro atoms. The highest BCUT2D eigenvalue weighted by Crippen LogP contribution is 2.38. The van der Waals surface area contributed by atoms with Gasteiger partial charge in [0.05, 0.1) is 10.9 Å². The molecule has 0 fully saturated rings. The predicted octanol–water partition coefficient (Wildman–Crippen LogP) is 5.73. The van der Waals surface area contributed by atoms with Gasteiger partial charge in [-0.2, -0.15) is 4.72 Å². The summed E-state index contributed by atoms with van der Waals surface area (Å²) in [6.45, 7) is -0.341. The number of hydrogen-bond donors (Lipinski definition) is 1. The van der Waals surface area contributed by atoms with Crippen molar-refractivity contribution >= 4 is 43.0 Å². The molecule has 2 heterocycles. The number of ether oxygens (including phenoxy) is 2. The molecule has 5 rings (SSSR count). The first-order valence-electron chi connectivity index (χ1n) is 10.2. The van der Waals surface area contributed by atoms with Crippen LogP contribution in [0.5, 0.6) is 11.5 Å². The summed E-state index contributed by atoms with van der Waals surface area (Å²) in [6, 6.07) is 20.5. The molecule has 4 aromatic rings. The number of sulfonamides is 1. The first-order valence-corrected chi connectivity index (χ1v) is 12.9. The zero-order valence-electron chi connectivity index (χ0n) is 17.2. The van der Waals surface area contributed by atoms with Gasteiger partial charge in [-0.3, -0.25) is 0 Å². The van der Waals surface area contributed by atoms with Gasteiger partial charge >= 0.3 is 0 Å². The predicted molar refractivity (Wildman–Crippen MR) is 128 cm³/mol. The Morgan fingerprint density at radius 3 is 2.48 bits per heavy atom. The number of hydrogen-bond acceptors (Lipinski definition) is 5. The van der Waals surface area contributed by atoms with Crippen LogP contribution in [0.15, 0.2) is 77.7 Å². The summed E-state index contributed by atoms with van der Waals surface area (Å²) in [5.74, 6) is 0.496. The fourth-order valence-corrected chi connectivity index (χ4v) is 6.31. The first-order chi connectivity index (χ1) is 15.9. The van der Waals surface area contributed by atoms with Crippen molar-refractivity contribution in [3.8, 4) is 11.5 Å². The van der Waals surface area contributed by atoms with Crippen LogP contribution in [0.2, 0.25) is 5.02 Å². The lowest BCUT2D eigenvalue weighted by molar-refractivity contribution is 0.162. The molecule has 0 saturated carbocycles. The average molecular weight is 504 g/mol. The minimum absolute atomic E-state index is 0.0136. The van der Waals surface area contributed by atoms with Gasteiger partial charge in [0.15, 0.2) is 17.7 Å². The average Bonchev–Trinajstić information content (AvgIpc) is 3.15. The second kappa shape index (κ2) is 8.95. The number of alkyl halides is 1. The number of nitrogens with one attached hydrogen (secondary N) is 1. The van der Waals surface area contributed by atoms with E-state index in [1.54, 1.807) is 18.2 Å². The Hall–Kier alpha value is -2.65. The molecule has 33 heavy (non-hydrogen) atoms. The largest absolute Gasteiger partial charge is 0.487 e. The fraction of sp³-hybridized carbons (Fsp3) is 0.167. The lowest BCUT2D eigenvalue weighted by Crippen LogP contribution is -2.29. The molecule has 3 aromatic carbocycles. The van der Waals surface area contributed by atoms with E-state index in [0.717, 1.165) is 15.0 Å². The molecule has 2 atom stereocenters. The molecular formula is C24H19ClFNO4S2. The lowest BCUT2D eigenvalue weighted by Gasteiger charge is -2.20. The maximum Gasteiger partial charge on any atom is 0.241 e. The Bertz CT molecular complexity index is 1390. The molecule has 1 aromatic heterocycles. The highest BCUT2D eigenvalue weighted by atomic mass is 35.5. The number of thiophene rings is 1. The van der Waals surface area contributed by atoms with Crippen molar-refractivity contribution in [1.29, 1.82) is 0 Å². The highest BCUT2D eigenvalue weighted by molar-refractivity contribution is 7.89. The summed E-state index contributed by atoms with van der Waals surface area (Å²) < 4.78 is 55.1. The molecule has 0 saturated heterocycles. The second-order valence-corrected chi connectivity index (χ2v) is 10.8. The molecule has 170 valence electrons. The van der Waals surface area contributed by atoms with Crippen LogP contribution >= 0.6 is 22.9 Å². The first kappa shape index (κ1) is 22.2. The molecule has 1 N–H and O–H groups in total. The third-order valence-corrected chi connectivity index (χ3v) is 8.23. The Kier molecular flexibility index (Phi) is 6.01. The van der Waals surface area contributed by atoms with E-state index < -0.39 is 22.2 Å². The summed E-state index contributed by atoms with van der Waals surface area (Å²) >= 11 is 7.97. The van der Waals surface area contributed by atoms with Crippen molar-refractivity contribution in [2.45, 2.75) is 17.1 Å². The van der Waals surface area contributed by atoms with E-state index in [4.69, 9.17) is 21.1 Å². The molecule has 0 aliphatic carbocycles. The Morgan fingerprint density at radius 2 is 1.70 bits per heavy atom. The third-order valence-electron chi connectivity index (χ3n) is 5.28. The SMILES string of the molecule is O=S(=O)(NC(c1cc2ccccc2s1)c1ccccc1Cl)c1ccc2c(c1)OC[C@H](F)CO2. The smallest absolute Gasteiger partial charge is 0.241 e. The van der Waals surface area contributed by atoms with Crippen molar-refractivity contribution in [2.24, 2.45) is 0 Å². The van der Waals surface area contributed by atoms with Crippen molar-refractivity contribution in [3.63, 3.8) is 0 Å². The topological polar surface area (TPSA) is 64.6 Å². The van der Waals surface area contributed by atoms with Crippen LogP contribution in [-0.4, -0.2) is 27.8 Å². The summed E-state index contributed by atoms with van der Waals surface area (Å²) in [6.07, 6.45) is -1.28. The zero-order chi connectivity index (χ0) is 23.0. The van der Waals surface area contributed by atoms with E-state index in [1.807, 2.05) is 36.4 Å². The summed E-state index contributed by atoms with van der Waals surface area (Å²) in [7, 11) is -4.00. The van der Waals surface area contributed by atoms with Crippen LogP contribution in [0.4, 0.5) is 4.39 Å². The molecule has 1 aliphatic rings. The van der Waals surface area contributed by atoms with Crippen molar-refractivity contribution in [2.75, 3.05) is 13.2 Å². The van der Waals surface area contributed by atoms with Gasteiger partial charge < -0.3 is 9.47 Å². The van der Waals surface area contributed by atoms with E-state index >= 15 is 0 Å². The molecule has 1 unspecified atom stereocenters. The zero-order valence-corrected chi connectivity index (χ0v) is 19.6. The number of halogens is 2. The molecule has 0 radical (unpaired) electrons. The number of fused-ring (bicyclic) bond motifs is 2. The maximum atomic E-state index is 13.6. The van der Waals surface area contributed by atoms with Crippen LogP contribution in [0.3, 0.4) is 0 Å². The monoisotopic (exact) mass is 503 g/mol. The van der Waals surface area contributed by atoms with Crippen LogP contribution in [-0.2, 0) is 10.0 Å². The number of benzene rings is 3. The third kappa shape index (κ3) is 4.56. The Balaban J connectivity index is 1.55. The van der Waals surface area contributed by atoms with Gasteiger partial charge in [0, 0.05) is 20.7 Å². The lowest BCUT2D eigenvalue weighted by atomic mass is 10.1. The van der Waals surface area contributed by atoms with E-state index in [-0.39, 0.29) is 23.9 Å². The van der Waals surface area contributed by atoms with Gasteiger partial charge in [0.1, 0.15) is 13.2 Å². The Morgan fingerprint density at radius 1 is 0.970 bits per heavy atom. The second-order valence-electron chi connectivity index (χ2n) is 7.59. The fourth-order valence-electron chi connectivity index (χ4n) is 3.65. The van der Waals surface area contributed by atoms with Gasteiger partial charge in [0.25, 0.3) is 0 Å². The quantitative estimate of drug-likeness (QED) is 0.377. The molecule has 5 nitrogen and oxygen atoms in total. The van der Waals surface area contributed by atoms with Gasteiger partial charge in [0.2, 0.25) is 10.0 Å². The van der Waals surface area contributed by atoms with Gasteiger partial charge in [-0.25, -0.2) is 12.8 Å². The van der Waals surface area contributed by atoms with E-state index in [9.17, 15) is 12.8 Å². The molecule has 9 heteroatoms. The molecule has 1 aliphatic heterocycles. The van der Waals surface area contributed by atoms with Crippen LogP contribution in [0.25, 0.3) is 10.1 Å². The van der Waals surface area contributed by atoms with Gasteiger partial charge in [-0.05, 0) is 41.3 Å². The molecule has 0 amide bonds. The maximum absolute atomic E-state index is 13.6. The van der Waals surface area contributed by atoms with E-state index in [2.05, 4.69) is 4.72 Å². The van der Waals surface area contributed by atoms with Crippen LogP contribution < -0.4 is 14.2 Å². The van der Waals surface area contributed by atoms with Crippen LogP contribution in [0, 0.1) is 0 Å². The number of rotatable bonds is 5. The van der Waals surface area contributed by atoms with Crippen molar-refractivity contribution in [3.05, 3.63) is 88.3 Å². The van der Waals surface area contributed by atoms with Gasteiger partial charge in [-0.1, -0.05) is 48.0 Å². The standard InChI is InChI=1S/C24H19ClFNO4S2/c25-19-7-3-2-6-18(19)24(23-11-15-5-1-4-8-22(15)32-23)27-33(28,29)17-9-10-20-21(12-17)31-14-16(26)13-30-20/h1-12,16,24,27H,13-14H2/t16-,24?/m1/s1. The highest BCUT2D eigenvalue weighted by Gasteiger charge is 2.28. The van der Waals surface area contributed by atoms with Crippen molar-refractivity contribution in [1.82, 2.24) is 4.72 Å². The Labute approximate surface area is 199 Å². The van der Waals surface area contributed by atoms with E-state index in [1.165, 1.54) is 29.5 Å². The summed E-state index contributed by atoms with van der Waals surface area (Å²) in [5, 5.41) is 1.47. The van der Waals surface area contributed by atoms with Crippen LogP contribution in [0.1, 0.15) is 16.5 Å². The minimum atomic E-state index is -4.00. The molecular weight excluding hydrogens is 485 g/mol.